The zero-order valence-corrected chi connectivity index (χ0v) is 8.48. The number of hydrogen-bond donors (Lipinski definition) is 0. The molecule has 2 rings (SSSR count). The number of hydrogen-bond acceptors (Lipinski definition) is 5. The molecular formula is C10H6N4S. The number of isothiocyanates is 1. The minimum atomic E-state index is 0.506. The van der Waals surface area contributed by atoms with Crippen molar-refractivity contribution in [3.8, 4) is 11.3 Å². The van der Waals surface area contributed by atoms with Crippen molar-refractivity contribution in [1.82, 2.24) is 15.0 Å². The van der Waals surface area contributed by atoms with Crippen LogP contribution < -0.4 is 0 Å². The van der Waals surface area contributed by atoms with E-state index in [4.69, 9.17) is 0 Å². The summed E-state index contributed by atoms with van der Waals surface area (Å²) in [5.74, 6) is 0.506. The van der Waals surface area contributed by atoms with Gasteiger partial charge < -0.3 is 0 Å². The van der Waals surface area contributed by atoms with E-state index in [2.05, 4.69) is 37.3 Å². The maximum Gasteiger partial charge on any atom is 0.166 e. The van der Waals surface area contributed by atoms with E-state index in [-0.39, 0.29) is 0 Å². The molecular weight excluding hydrogens is 208 g/mol. The molecule has 4 nitrogen and oxygen atoms in total. The largest absolute Gasteiger partial charge is 0.265 e. The first kappa shape index (κ1) is 9.58. The maximum atomic E-state index is 4.51. The zero-order chi connectivity index (χ0) is 10.5. The Morgan fingerprint density at radius 1 is 1.20 bits per heavy atom. The fourth-order valence-electron chi connectivity index (χ4n) is 1.14. The van der Waals surface area contributed by atoms with Crippen LogP contribution in [0.25, 0.3) is 11.3 Å². The van der Waals surface area contributed by atoms with E-state index >= 15 is 0 Å². The third-order valence-corrected chi connectivity index (χ3v) is 1.88. The lowest BCUT2D eigenvalue weighted by Crippen LogP contribution is -1.85. The van der Waals surface area contributed by atoms with Gasteiger partial charge in [0.25, 0.3) is 0 Å². The number of rotatable bonds is 2. The average Bonchev–Trinajstić information content (AvgIpc) is 2.31. The Morgan fingerprint density at radius 2 is 2.00 bits per heavy atom. The maximum absolute atomic E-state index is 4.51. The highest BCUT2D eigenvalue weighted by atomic mass is 32.1. The highest BCUT2D eigenvalue weighted by molar-refractivity contribution is 7.78. The summed E-state index contributed by atoms with van der Waals surface area (Å²) in [6.07, 6.45) is 4.86. The van der Waals surface area contributed by atoms with Crippen LogP contribution in [0.3, 0.4) is 0 Å². The Bertz CT molecular complexity index is 506. The van der Waals surface area contributed by atoms with Crippen LogP contribution in [0.2, 0.25) is 0 Å². The molecule has 5 heteroatoms. The molecule has 72 valence electrons. The van der Waals surface area contributed by atoms with E-state index in [1.165, 1.54) is 6.33 Å². The Labute approximate surface area is 91.8 Å². The molecule has 0 bridgehead atoms. The van der Waals surface area contributed by atoms with E-state index < -0.39 is 0 Å². The highest BCUT2D eigenvalue weighted by Crippen LogP contribution is 2.18. The van der Waals surface area contributed by atoms with Gasteiger partial charge in [-0.1, -0.05) is 0 Å². The molecule has 0 aliphatic heterocycles. The minimum absolute atomic E-state index is 0.506. The summed E-state index contributed by atoms with van der Waals surface area (Å²) in [6.45, 7) is 0. The normalized spacial score (nSPS) is 9.33. The minimum Gasteiger partial charge on any atom is -0.265 e. The van der Waals surface area contributed by atoms with Gasteiger partial charge in [0.2, 0.25) is 0 Å². The van der Waals surface area contributed by atoms with Gasteiger partial charge in [-0.3, -0.25) is 4.98 Å². The van der Waals surface area contributed by atoms with Crippen molar-refractivity contribution >= 4 is 23.2 Å². The first-order valence-electron chi connectivity index (χ1n) is 4.20. The predicted molar refractivity (Wildman–Crippen MR) is 59.9 cm³/mol. The van der Waals surface area contributed by atoms with E-state index in [1.54, 1.807) is 18.5 Å². The summed E-state index contributed by atoms with van der Waals surface area (Å²) in [4.78, 5) is 15.8. The van der Waals surface area contributed by atoms with Crippen molar-refractivity contribution in [2.45, 2.75) is 0 Å². The Morgan fingerprint density at radius 3 is 2.73 bits per heavy atom. The van der Waals surface area contributed by atoms with Gasteiger partial charge in [-0.2, -0.15) is 4.99 Å². The van der Waals surface area contributed by atoms with Crippen molar-refractivity contribution in [3.05, 3.63) is 36.9 Å². The van der Waals surface area contributed by atoms with Crippen LogP contribution in [0.5, 0.6) is 0 Å². The molecule has 2 aromatic rings. The molecule has 0 fully saturated rings. The number of thiocarbonyl (C=S) groups is 1. The molecule has 0 amide bonds. The summed E-state index contributed by atoms with van der Waals surface area (Å²) < 4.78 is 0. The van der Waals surface area contributed by atoms with Gasteiger partial charge in [0.15, 0.2) is 5.82 Å². The quantitative estimate of drug-likeness (QED) is 0.568. The van der Waals surface area contributed by atoms with Crippen LogP contribution in [-0.2, 0) is 0 Å². The molecule has 0 aromatic carbocycles. The average molecular weight is 214 g/mol. The Balaban J connectivity index is 2.46. The van der Waals surface area contributed by atoms with Crippen LogP contribution >= 0.6 is 12.2 Å². The number of nitrogens with zero attached hydrogens (tertiary/aromatic N) is 4. The van der Waals surface area contributed by atoms with Gasteiger partial charge in [0, 0.05) is 24.0 Å². The van der Waals surface area contributed by atoms with Gasteiger partial charge >= 0.3 is 0 Å². The summed E-state index contributed by atoms with van der Waals surface area (Å²) in [6, 6.07) is 5.48. The zero-order valence-electron chi connectivity index (χ0n) is 7.66. The van der Waals surface area contributed by atoms with Gasteiger partial charge in [-0.25, -0.2) is 9.97 Å². The third-order valence-electron chi connectivity index (χ3n) is 1.79. The highest BCUT2D eigenvalue weighted by Gasteiger charge is 1.99. The SMILES string of the molecule is S=C=Nc1cc(-c2ccncc2)ncn1. The molecule has 0 aliphatic rings. The molecule has 0 spiro atoms. The number of aromatic nitrogens is 3. The van der Waals surface area contributed by atoms with Crippen molar-refractivity contribution in [1.29, 1.82) is 0 Å². The fourth-order valence-corrected chi connectivity index (χ4v) is 1.23. The molecule has 0 radical (unpaired) electrons. The summed E-state index contributed by atoms with van der Waals surface area (Å²) in [5.41, 5.74) is 1.75. The van der Waals surface area contributed by atoms with E-state index in [0.29, 0.717) is 5.82 Å². The van der Waals surface area contributed by atoms with Crippen LogP contribution in [0.4, 0.5) is 5.82 Å². The van der Waals surface area contributed by atoms with E-state index in [1.807, 2.05) is 12.1 Å². The van der Waals surface area contributed by atoms with Crippen LogP contribution in [0.1, 0.15) is 0 Å². The monoisotopic (exact) mass is 214 g/mol. The predicted octanol–water partition coefficient (Wildman–Crippen LogP) is 2.27. The molecule has 0 atom stereocenters. The Kier molecular flexibility index (Phi) is 2.88. The first-order valence-corrected chi connectivity index (χ1v) is 4.61. The lowest BCUT2D eigenvalue weighted by molar-refractivity contribution is 1.15. The number of aliphatic imine (C=N–C) groups is 1. The van der Waals surface area contributed by atoms with Crippen LogP contribution in [0.15, 0.2) is 41.9 Å². The van der Waals surface area contributed by atoms with Crippen LogP contribution in [-0.4, -0.2) is 20.1 Å². The van der Waals surface area contributed by atoms with Crippen molar-refractivity contribution in [3.63, 3.8) is 0 Å². The molecule has 0 N–H and O–H groups in total. The third kappa shape index (κ3) is 2.28. The summed E-state index contributed by atoms with van der Waals surface area (Å²) in [5, 5.41) is 2.27. The van der Waals surface area contributed by atoms with Crippen molar-refractivity contribution in [2.75, 3.05) is 0 Å². The van der Waals surface area contributed by atoms with Gasteiger partial charge in [-0.15, -0.1) is 0 Å². The second-order valence-electron chi connectivity index (χ2n) is 2.70. The molecule has 2 aromatic heterocycles. The fraction of sp³-hybridized carbons (Fsp3) is 0. The standard InChI is InChI=1S/C10H6N4S/c15-7-14-10-5-9(12-6-13-10)8-1-3-11-4-2-8/h1-6H. The molecule has 0 aliphatic carbocycles. The molecule has 0 saturated heterocycles. The lowest BCUT2D eigenvalue weighted by Gasteiger charge is -1.98. The Hall–Kier alpha value is -1.97. The number of pyridine rings is 1. The molecule has 0 saturated carbocycles. The van der Waals surface area contributed by atoms with Gasteiger partial charge in [0.05, 0.1) is 10.9 Å². The summed E-state index contributed by atoms with van der Waals surface area (Å²) in [7, 11) is 0. The molecule has 2 heterocycles. The van der Waals surface area contributed by atoms with E-state index in [0.717, 1.165) is 11.3 Å². The van der Waals surface area contributed by atoms with Crippen molar-refractivity contribution in [2.24, 2.45) is 4.99 Å². The second kappa shape index (κ2) is 4.50. The summed E-state index contributed by atoms with van der Waals surface area (Å²) >= 11 is 4.51. The first-order chi connectivity index (χ1) is 7.40. The lowest BCUT2D eigenvalue weighted by atomic mass is 10.2. The van der Waals surface area contributed by atoms with Crippen molar-refractivity contribution < 1.29 is 0 Å². The van der Waals surface area contributed by atoms with E-state index in [9.17, 15) is 0 Å². The molecule has 15 heavy (non-hydrogen) atoms. The smallest absolute Gasteiger partial charge is 0.166 e. The second-order valence-corrected chi connectivity index (χ2v) is 2.88. The van der Waals surface area contributed by atoms with Gasteiger partial charge in [-0.05, 0) is 24.4 Å². The molecule has 0 unspecified atom stereocenters. The van der Waals surface area contributed by atoms with Crippen LogP contribution in [0, 0.1) is 0 Å². The van der Waals surface area contributed by atoms with Gasteiger partial charge in [0.1, 0.15) is 6.33 Å². The topological polar surface area (TPSA) is 51.0 Å².